The summed E-state index contributed by atoms with van der Waals surface area (Å²) in [4.78, 5) is 4.26. The van der Waals surface area contributed by atoms with Crippen molar-refractivity contribution >= 4 is 0 Å². The van der Waals surface area contributed by atoms with Crippen LogP contribution in [0.4, 0.5) is 4.39 Å². The zero-order valence-corrected chi connectivity index (χ0v) is 15.6. The van der Waals surface area contributed by atoms with Crippen LogP contribution in [0.25, 0.3) is 22.8 Å². The number of hydrogen-bond donors (Lipinski definition) is 0. The number of nitriles is 1. The lowest BCUT2D eigenvalue weighted by molar-refractivity contribution is -0.0247. The minimum Gasteiger partial charge on any atom is -0.490 e. The molecule has 0 N–H and O–H groups in total. The Morgan fingerprint density at radius 2 is 1.93 bits per heavy atom. The van der Waals surface area contributed by atoms with Gasteiger partial charge in [-0.2, -0.15) is 10.2 Å². The molecule has 0 spiro atoms. The minimum absolute atomic E-state index is 0.0651. The highest BCUT2D eigenvalue weighted by molar-refractivity contribution is 5.63. The average Bonchev–Trinajstić information content (AvgIpc) is 3.40. The van der Waals surface area contributed by atoms with Gasteiger partial charge < -0.3 is 18.7 Å². The summed E-state index contributed by atoms with van der Waals surface area (Å²) in [5.41, 5.74) is 1.58. The van der Waals surface area contributed by atoms with Crippen LogP contribution in [0.15, 0.2) is 53.4 Å². The Hall–Kier alpha value is -3.86. The maximum Gasteiger partial charge on any atom is 0.266 e. The van der Waals surface area contributed by atoms with Crippen molar-refractivity contribution in [1.29, 1.82) is 5.26 Å². The molecule has 8 heteroatoms. The first-order chi connectivity index (χ1) is 14.0. The van der Waals surface area contributed by atoms with E-state index >= 15 is 0 Å². The third-order valence-corrected chi connectivity index (χ3v) is 4.10. The molecule has 146 valence electrons. The van der Waals surface area contributed by atoms with Crippen LogP contribution in [0.5, 0.6) is 5.75 Å². The summed E-state index contributed by atoms with van der Waals surface area (Å²) in [6, 6.07) is 11.6. The first-order valence-corrected chi connectivity index (χ1v) is 8.86. The maximum atomic E-state index is 14.6. The largest absolute Gasteiger partial charge is 0.490 e. The normalized spacial score (nSPS) is 13.2. The summed E-state index contributed by atoms with van der Waals surface area (Å²) < 4.78 is 35.9. The lowest BCUT2D eigenvalue weighted by atomic mass is 10.1. The van der Waals surface area contributed by atoms with Gasteiger partial charge in [-0.15, -0.1) is 0 Å². The topological polar surface area (TPSA) is 90.4 Å². The maximum absolute atomic E-state index is 14.6. The van der Waals surface area contributed by atoms with Crippen molar-refractivity contribution in [2.24, 2.45) is 0 Å². The standard InChI is InChI=1S/C21H16FN3O4/c1-12(2)28-18-6-4-13(9-15(18)11-23)20-24-19(25-29-20)16-5-3-14(10-17(16)22)21-26-7-8-27-21/h3-10,12,21H,1-2H3. The fourth-order valence-electron chi connectivity index (χ4n) is 2.81. The molecule has 1 aromatic heterocycles. The third-order valence-electron chi connectivity index (χ3n) is 4.10. The number of aromatic nitrogens is 2. The Labute approximate surface area is 165 Å². The van der Waals surface area contributed by atoms with Crippen LogP contribution in [0.2, 0.25) is 0 Å². The molecular weight excluding hydrogens is 377 g/mol. The fourth-order valence-corrected chi connectivity index (χ4v) is 2.81. The Morgan fingerprint density at radius 1 is 1.14 bits per heavy atom. The van der Waals surface area contributed by atoms with E-state index in [1.54, 1.807) is 24.3 Å². The minimum atomic E-state index is -0.671. The zero-order valence-electron chi connectivity index (χ0n) is 15.6. The predicted molar refractivity (Wildman–Crippen MR) is 99.7 cm³/mol. The van der Waals surface area contributed by atoms with Crippen molar-refractivity contribution < 1.29 is 23.1 Å². The van der Waals surface area contributed by atoms with E-state index in [0.717, 1.165) is 0 Å². The molecule has 2 heterocycles. The van der Waals surface area contributed by atoms with Gasteiger partial charge >= 0.3 is 0 Å². The zero-order chi connectivity index (χ0) is 20.4. The van der Waals surface area contributed by atoms with Gasteiger partial charge in [0.2, 0.25) is 5.82 Å². The van der Waals surface area contributed by atoms with Crippen LogP contribution in [0.1, 0.15) is 31.3 Å². The molecule has 2 aromatic carbocycles. The summed E-state index contributed by atoms with van der Waals surface area (Å²) in [6.07, 6.45) is 2.06. The highest BCUT2D eigenvalue weighted by Crippen LogP contribution is 2.31. The van der Waals surface area contributed by atoms with Gasteiger partial charge in [0.15, 0.2) is 0 Å². The molecule has 3 aromatic rings. The van der Waals surface area contributed by atoms with Gasteiger partial charge in [0.25, 0.3) is 12.2 Å². The van der Waals surface area contributed by atoms with Crippen molar-refractivity contribution in [3.05, 3.63) is 65.9 Å². The summed E-state index contributed by atoms with van der Waals surface area (Å²) in [6.45, 7) is 3.75. The van der Waals surface area contributed by atoms with Gasteiger partial charge in [0.1, 0.15) is 30.2 Å². The van der Waals surface area contributed by atoms with Gasteiger partial charge in [-0.1, -0.05) is 11.2 Å². The Balaban J connectivity index is 1.61. The van der Waals surface area contributed by atoms with E-state index in [-0.39, 0.29) is 23.4 Å². The molecule has 1 aliphatic heterocycles. The molecule has 0 unspecified atom stereocenters. The van der Waals surface area contributed by atoms with Crippen LogP contribution in [0.3, 0.4) is 0 Å². The molecule has 0 bridgehead atoms. The van der Waals surface area contributed by atoms with E-state index in [2.05, 4.69) is 16.2 Å². The number of nitrogens with zero attached hydrogens (tertiary/aromatic N) is 3. The van der Waals surface area contributed by atoms with Gasteiger partial charge in [0.05, 0.1) is 17.2 Å². The van der Waals surface area contributed by atoms with Crippen LogP contribution in [-0.4, -0.2) is 16.2 Å². The van der Waals surface area contributed by atoms with E-state index in [0.29, 0.717) is 22.4 Å². The summed E-state index contributed by atoms with van der Waals surface area (Å²) >= 11 is 0. The van der Waals surface area contributed by atoms with Crippen LogP contribution in [0, 0.1) is 17.1 Å². The van der Waals surface area contributed by atoms with Crippen molar-refractivity contribution in [1.82, 2.24) is 10.1 Å². The van der Waals surface area contributed by atoms with Gasteiger partial charge in [-0.05, 0) is 44.2 Å². The molecule has 1 aliphatic rings. The fraction of sp³-hybridized carbons (Fsp3) is 0.190. The lowest BCUT2D eigenvalue weighted by Crippen LogP contribution is -2.06. The molecule has 0 amide bonds. The number of halogens is 1. The third kappa shape index (κ3) is 3.75. The quantitative estimate of drug-likeness (QED) is 0.619. The van der Waals surface area contributed by atoms with Crippen molar-refractivity contribution in [3.8, 4) is 34.7 Å². The SMILES string of the molecule is CC(C)Oc1ccc(-c2nc(-c3ccc(C4OC=CO4)cc3F)no2)cc1C#N. The number of hydrogen-bond acceptors (Lipinski definition) is 7. The second-order valence-electron chi connectivity index (χ2n) is 6.53. The van der Waals surface area contributed by atoms with Crippen molar-refractivity contribution in [3.63, 3.8) is 0 Å². The van der Waals surface area contributed by atoms with Crippen LogP contribution < -0.4 is 4.74 Å². The molecule has 7 nitrogen and oxygen atoms in total. The first kappa shape index (κ1) is 18.5. The van der Waals surface area contributed by atoms with Crippen molar-refractivity contribution in [2.75, 3.05) is 0 Å². The Bertz CT molecular complexity index is 1110. The molecule has 0 saturated carbocycles. The van der Waals surface area contributed by atoms with E-state index < -0.39 is 12.1 Å². The molecule has 0 radical (unpaired) electrons. The van der Waals surface area contributed by atoms with Crippen LogP contribution >= 0.6 is 0 Å². The predicted octanol–water partition coefficient (Wildman–Crippen LogP) is 4.72. The molecule has 0 fully saturated rings. The molecule has 0 atom stereocenters. The van der Waals surface area contributed by atoms with E-state index in [1.807, 2.05) is 13.8 Å². The summed E-state index contributed by atoms with van der Waals surface area (Å²) in [7, 11) is 0. The molecule has 0 aliphatic carbocycles. The van der Waals surface area contributed by atoms with E-state index in [4.69, 9.17) is 18.7 Å². The number of benzene rings is 2. The Morgan fingerprint density at radius 3 is 2.62 bits per heavy atom. The second kappa shape index (κ2) is 7.64. The van der Waals surface area contributed by atoms with E-state index in [9.17, 15) is 9.65 Å². The molecule has 4 rings (SSSR count). The highest BCUT2D eigenvalue weighted by atomic mass is 19.1. The van der Waals surface area contributed by atoms with Crippen LogP contribution in [-0.2, 0) is 9.47 Å². The first-order valence-electron chi connectivity index (χ1n) is 8.86. The van der Waals surface area contributed by atoms with E-state index in [1.165, 1.54) is 24.7 Å². The van der Waals surface area contributed by atoms with Gasteiger partial charge in [0, 0.05) is 11.1 Å². The number of ether oxygens (including phenoxy) is 3. The summed E-state index contributed by atoms with van der Waals surface area (Å²) in [5.74, 6) is 0.199. The Kier molecular flexibility index (Phi) is 4.87. The average molecular weight is 393 g/mol. The van der Waals surface area contributed by atoms with Gasteiger partial charge in [-0.3, -0.25) is 0 Å². The highest BCUT2D eigenvalue weighted by Gasteiger charge is 2.20. The second-order valence-corrected chi connectivity index (χ2v) is 6.53. The monoisotopic (exact) mass is 393 g/mol. The molecular formula is C21H16FN3O4. The summed E-state index contributed by atoms with van der Waals surface area (Å²) in [5, 5.41) is 13.2. The van der Waals surface area contributed by atoms with Gasteiger partial charge in [-0.25, -0.2) is 4.39 Å². The van der Waals surface area contributed by atoms with Crippen molar-refractivity contribution in [2.45, 2.75) is 26.2 Å². The molecule has 0 saturated heterocycles. The molecule has 29 heavy (non-hydrogen) atoms. The number of rotatable bonds is 5. The smallest absolute Gasteiger partial charge is 0.266 e. The lowest BCUT2D eigenvalue weighted by Gasteiger charge is -2.11.